The molecule has 2 aromatic rings. The molecule has 92 valence electrons. The summed E-state index contributed by atoms with van der Waals surface area (Å²) in [4.78, 5) is 4.84. The van der Waals surface area contributed by atoms with Gasteiger partial charge in [0, 0.05) is 17.8 Å². The summed E-state index contributed by atoms with van der Waals surface area (Å²) < 4.78 is 2.11. The van der Waals surface area contributed by atoms with Gasteiger partial charge in [-0.25, -0.2) is 4.98 Å². The summed E-state index contributed by atoms with van der Waals surface area (Å²) in [6.07, 6.45) is 4.28. The fraction of sp³-hybridized carbons (Fsp3) is 0.533. The van der Waals surface area contributed by atoms with Crippen LogP contribution in [0.1, 0.15) is 52.8 Å². The molecule has 2 aromatic heterocycles. The third-order valence-electron chi connectivity index (χ3n) is 3.02. The zero-order valence-corrected chi connectivity index (χ0v) is 11.7. The molecule has 2 nitrogen and oxygen atoms in total. The van der Waals surface area contributed by atoms with Crippen LogP contribution in [-0.4, -0.2) is 9.38 Å². The van der Waals surface area contributed by atoms with E-state index in [4.69, 9.17) is 4.98 Å². The summed E-state index contributed by atoms with van der Waals surface area (Å²) >= 11 is 0. The van der Waals surface area contributed by atoms with E-state index in [-0.39, 0.29) is 10.8 Å². The van der Waals surface area contributed by atoms with E-state index in [2.05, 4.69) is 64.4 Å². The van der Waals surface area contributed by atoms with E-state index < -0.39 is 0 Å². The largest absolute Gasteiger partial charge is 0.308 e. The van der Waals surface area contributed by atoms with Gasteiger partial charge in [-0.1, -0.05) is 41.5 Å². The van der Waals surface area contributed by atoms with Crippen molar-refractivity contribution in [2.75, 3.05) is 0 Å². The molecule has 0 amide bonds. The quantitative estimate of drug-likeness (QED) is 0.670. The van der Waals surface area contributed by atoms with Crippen LogP contribution < -0.4 is 0 Å². The van der Waals surface area contributed by atoms with Crippen LogP contribution in [-0.2, 0) is 10.8 Å². The standard InChI is InChI=1S/C15H22N2/c1-14(2,3)11-10-17-9-7-8-12(17)16-13(11)15(4,5)6/h7-10H,1-6H3. The van der Waals surface area contributed by atoms with Crippen molar-refractivity contribution in [3.05, 3.63) is 35.8 Å². The van der Waals surface area contributed by atoms with Gasteiger partial charge >= 0.3 is 0 Å². The predicted molar refractivity (Wildman–Crippen MR) is 72.6 cm³/mol. The molecule has 0 fully saturated rings. The van der Waals surface area contributed by atoms with Crippen molar-refractivity contribution in [3.63, 3.8) is 0 Å². The molecule has 0 radical (unpaired) electrons. The highest BCUT2D eigenvalue weighted by Gasteiger charge is 2.27. The van der Waals surface area contributed by atoms with Gasteiger partial charge in [0.2, 0.25) is 0 Å². The molecule has 17 heavy (non-hydrogen) atoms. The van der Waals surface area contributed by atoms with Gasteiger partial charge in [-0.3, -0.25) is 0 Å². The highest BCUT2D eigenvalue weighted by Crippen LogP contribution is 2.32. The SMILES string of the molecule is CC(C)(C)c1cn2cccc2nc1C(C)(C)C. The lowest BCUT2D eigenvalue weighted by Crippen LogP contribution is -2.24. The Morgan fingerprint density at radius 3 is 2.18 bits per heavy atom. The van der Waals surface area contributed by atoms with Crippen LogP contribution in [0.15, 0.2) is 24.5 Å². The van der Waals surface area contributed by atoms with Crippen LogP contribution >= 0.6 is 0 Å². The summed E-state index contributed by atoms with van der Waals surface area (Å²) in [5.41, 5.74) is 3.76. The highest BCUT2D eigenvalue weighted by atomic mass is 15.0. The van der Waals surface area contributed by atoms with Crippen molar-refractivity contribution in [2.45, 2.75) is 52.4 Å². The fourth-order valence-electron chi connectivity index (χ4n) is 2.08. The average Bonchev–Trinajstić information content (AvgIpc) is 2.59. The van der Waals surface area contributed by atoms with Crippen LogP contribution in [0.2, 0.25) is 0 Å². The number of nitrogens with zero attached hydrogens (tertiary/aromatic N) is 2. The predicted octanol–water partition coefficient (Wildman–Crippen LogP) is 3.93. The van der Waals surface area contributed by atoms with Crippen LogP contribution in [0, 0.1) is 0 Å². The molecule has 2 rings (SSSR count). The Morgan fingerprint density at radius 2 is 1.65 bits per heavy atom. The van der Waals surface area contributed by atoms with Crippen LogP contribution in [0.4, 0.5) is 0 Å². The number of aromatic nitrogens is 2. The van der Waals surface area contributed by atoms with Crippen molar-refractivity contribution < 1.29 is 0 Å². The zero-order valence-electron chi connectivity index (χ0n) is 11.7. The van der Waals surface area contributed by atoms with Crippen molar-refractivity contribution in [2.24, 2.45) is 0 Å². The van der Waals surface area contributed by atoms with E-state index in [1.807, 2.05) is 6.07 Å². The first kappa shape index (κ1) is 12.2. The summed E-state index contributed by atoms with van der Waals surface area (Å²) in [6.45, 7) is 13.4. The van der Waals surface area contributed by atoms with Crippen LogP contribution in [0.25, 0.3) is 5.65 Å². The van der Waals surface area contributed by atoms with E-state index in [0.717, 1.165) is 5.65 Å². The lowest BCUT2D eigenvalue weighted by atomic mass is 9.79. The van der Waals surface area contributed by atoms with Gasteiger partial charge in [0.05, 0.1) is 5.69 Å². The van der Waals surface area contributed by atoms with Crippen molar-refractivity contribution in [1.82, 2.24) is 9.38 Å². The molecule has 0 aliphatic carbocycles. The first-order valence-corrected chi connectivity index (χ1v) is 6.18. The Morgan fingerprint density at radius 1 is 1.00 bits per heavy atom. The maximum atomic E-state index is 4.84. The van der Waals surface area contributed by atoms with E-state index in [9.17, 15) is 0 Å². The zero-order chi connectivity index (χ0) is 12.8. The maximum Gasteiger partial charge on any atom is 0.136 e. The lowest BCUT2D eigenvalue weighted by Gasteiger charge is -2.28. The summed E-state index contributed by atoms with van der Waals surface area (Å²) in [6, 6.07) is 4.10. The maximum absolute atomic E-state index is 4.84. The van der Waals surface area contributed by atoms with Crippen LogP contribution in [0.5, 0.6) is 0 Å². The van der Waals surface area contributed by atoms with E-state index >= 15 is 0 Å². The number of fused-ring (bicyclic) bond motifs is 1. The monoisotopic (exact) mass is 230 g/mol. The second-order valence-electron chi connectivity index (χ2n) is 6.78. The van der Waals surface area contributed by atoms with Gasteiger partial charge in [0.15, 0.2) is 0 Å². The highest BCUT2D eigenvalue weighted by molar-refractivity contribution is 5.44. The molecular formula is C15H22N2. The Labute approximate surface area is 104 Å². The molecule has 0 unspecified atom stereocenters. The minimum atomic E-state index is 0.0780. The van der Waals surface area contributed by atoms with Gasteiger partial charge in [0.25, 0.3) is 0 Å². The minimum Gasteiger partial charge on any atom is -0.308 e. The molecular weight excluding hydrogens is 208 g/mol. The van der Waals surface area contributed by atoms with Gasteiger partial charge in [-0.15, -0.1) is 0 Å². The molecule has 0 N–H and O–H groups in total. The van der Waals surface area contributed by atoms with Gasteiger partial charge in [-0.05, 0) is 23.1 Å². The van der Waals surface area contributed by atoms with E-state index in [0.29, 0.717) is 0 Å². The number of rotatable bonds is 0. The molecule has 0 aliphatic rings. The van der Waals surface area contributed by atoms with Gasteiger partial charge < -0.3 is 4.40 Å². The van der Waals surface area contributed by atoms with Gasteiger partial charge in [0.1, 0.15) is 5.65 Å². The summed E-state index contributed by atoms with van der Waals surface area (Å²) in [7, 11) is 0. The molecule has 0 saturated carbocycles. The summed E-state index contributed by atoms with van der Waals surface area (Å²) in [5.74, 6) is 0. The molecule has 0 aromatic carbocycles. The normalized spacial score (nSPS) is 13.3. The van der Waals surface area contributed by atoms with Crippen molar-refractivity contribution >= 4 is 5.65 Å². The Kier molecular flexibility index (Phi) is 2.57. The molecule has 0 bridgehead atoms. The number of hydrogen-bond donors (Lipinski definition) is 0. The lowest BCUT2D eigenvalue weighted by molar-refractivity contribution is 0.511. The topological polar surface area (TPSA) is 17.3 Å². The fourth-order valence-corrected chi connectivity index (χ4v) is 2.08. The third-order valence-corrected chi connectivity index (χ3v) is 3.02. The van der Waals surface area contributed by atoms with Crippen molar-refractivity contribution in [1.29, 1.82) is 0 Å². The third kappa shape index (κ3) is 2.21. The Balaban J connectivity index is 2.78. The van der Waals surface area contributed by atoms with E-state index in [1.165, 1.54) is 11.3 Å². The minimum absolute atomic E-state index is 0.0780. The van der Waals surface area contributed by atoms with Crippen molar-refractivity contribution in [3.8, 4) is 0 Å². The Bertz CT molecular complexity index is 488. The van der Waals surface area contributed by atoms with Gasteiger partial charge in [-0.2, -0.15) is 0 Å². The molecule has 0 saturated heterocycles. The van der Waals surface area contributed by atoms with Crippen LogP contribution in [0.3, 0.4) is 0 Å². The summed E-state index contributed by atoms with van der Waals surface area (Å²) in [5, 5.41) is 0. The molecule has 0 atom stereocenters. The Hall–Kier alpha value is -1.31. The first-order valence-electron chi connectivity index (χ1n) is 6.18. The molecule has 0 spiro atoms. The first-order chi connectivity index (χ1) is 7.69. The smallest absolute Gasteiger partial charge is 0.136 e. The molecule has 2 heterocycles. The van der Waals surface area contributed by atoms with E-state index in [1.54, 1.807) is 0 Å². The second kappa shape index (κ2) is 3.59. The molecule has 2 heteroatoms. The average molecular weight is 230 g/mol. The molecule has 0 aliphatic heterocycles. The second-order valence-corrected chi connectivity index (χ2v) is 6.78. The number of hydrogen-bond acceptors (Lipinski definition) is 1.